The van der Waals surface area contributed by atoms with Gasteiger partial charge in [0, 0.05) is 43.4 Å². The van der Waals surface area contributed by atoms with E-state index in [1.54, 1.807) is 15.8 Å². The van der Waals surface area contributed by atoms with Crippen LogP contribution in [0.4, 0.5) is 8.78 Å². The molecule has 128 valence electrons. The molecule has 0 saturated heterocycles. The summed E-state index contributed by atoms with van der Waals surface area (Å²) in [7, 11) is 1.83. The van der Waals surface area contributed by atoms with Crippen molar-refractivity contribution in [3.63, 3.8) is 0 Å². The maximum Gasteiger partial charge on any atom is 0.226 e. The van der Waals surface area contributed by atoms with Crippen LogP contribution < -0.4 is 0 Å². The summed E-state index contributed by atoms with van der Waals surface area (Å²) in [5, 5.41) is 4.12. The second-order valence-corrected chi connectivity index (χ2v) is 6.70. The minimum atomic E-state index is -0.597. The van der Waals surface area contributed by atoms with Crippen molar-refractivity contribution in [1.82, 2.24) is 14.7 Å². The van der Waals surface area contributed by atoms with E-state index in [1.165, 1.54) is 12.1 Å². The number of nitrogens with zero attached hydrogens (tertiary/aromatic N) is 3. The number of halogens is 2. The lowest BCUT2D eigenvalue weighted by atomic mass is 10.1. The molecule has 1 saturated carbocycles. The van der Waals surface area contributed by atoms with Crippen molar-refractivity contribution in [2.24, 2.45) is 13.0 Å². The summed E-state index contributed by atoms with van der Waals surface area (Å²) in [5.74, 6) is -1.54. The molecule has 4 nitrogen and oxygen atoms in total. The van der Waals surface area contributed by atoms with Gasteiger partial charge in [0.25, 0.3) is 0 Å². The van der Waals surface area contributed by atoms with Gasteiger partial charge in [-0.25, -0.2) is 8.78 Å². The first-order valence-corrected chi connectivity index (χ1v) is 8.09. The molecule has 1 aliphatic rings. The molecule has 0 radical (unpaired) electrons. The number of hydrogen-bond donors (Lipinski definition) is 0. The predicted molar refractivity (Wildman–Crippen MR) is 86.1 cm³/mol. The van der Waals surface area contributed by atoms with E-state index in [0.29, 0.717) is 18.5 Å². The average molecular weight is 333 g/mol. The van der Waals surface area contributed by atoms with Crippen LogP contribution in [0.15, 0.2) is 30.6 Å². The first kappa shape index (κ1) is 16.6. The lowest BCUT2D eigenvalue weighted by Gasteiger charge is -2.26. The van der Waals surface area contributed by atoms with Crippen LogP contribution in [0.3, 0.4) is 0 Å². The summed E-state index contributed by atoms with van der Waals surface area (Å²) in [6, 6.07) is 3.61. The lowest BCUT2D eigenvalue weighted by molar-refractivity contribution is -0.135. The zero-order valence-electron chi connectivity index (χ0n) is 14.0. The number of amides is 1. The van der Waals surface area contributed by atoms with Crippen LogP contribution in [0.1, 0.15) is 37.3 Å². The monoisotopic (exact) mass is 333 g/mol. The highest BCUT2D eigenvalue weighted by atomic mass is 19.1. The highest BCUT2D eigenvalue weighted by molar-refractivity contribution is 5.83. The Morgan fingerprint density at radius 1 is 1.42 bits per heavy atom. The van der Waals surface area contributed by atoms with Gasteiger partial charge in [0.2, 0.25) is 5.91 Å². The molecule has 0 N–H and O–H groups in total. The molecule has 0 bridgehead atoms. The zero-order valence-corrected chi connectivity index (χ0v) is 14.0. The van der Waals surface area contributed by atoms with Crippen LogP contribution in [0, 0.1) is 17.6 Å². The summed E-state index contributed by atoms with van der Waals surface area (Å²) in [6.45, 7) is 4.41. The van der Waals surface area contributed by atoms with E-state index < -0.39 is 11.6 Å². The minimum Gasteiger partial charge on any atom is -0.336 e. The van der Waals surface area contributed by atoms with E-state index in [4.69, 9.17) is 0 Å². The number of benzene rings is 1. The van der Waals surface area contributed by atoms with Gasteiger partial charge in [-0.2, -0.15) is 5.10 Å². The molecule has 24 heavy (non-hydrogen) atoms. The van der Waals surface area contributed by atoms with Gasteiger partial charge in [0.1, 0.15) is 11.6 Å². The molecule has 1 fully saturated rings. The number of aromatic nitrogens is 2. The Kier molecular flexibility index (Phi) is 4.39. The standard InChI is InChI=1S/C18H21F2N3O/c1-11(2)23(10-12-8-21-22(3)9-12)18(24)16-7-15(16)14-5-4-13(19)6-17(14)20/h4-6,8-9,11,15-16H,7,10H2,1-3H3/t15-,16-/m0/s1. The third-order valence-corrected chi connectivity index (χ3v) is 4.49. The Morgan fingerprint density at radius 3 is 2.75 bits per heavy atom. The van der Waals surface area contributed by atoms with Crippen molar-refractivity contribution in [2.45, 2.75) is 38.8 Å². The van der Waals surface area contributed by atoms with Crippen LogP contribution in [0.5, 0.6) is 0 Å². The van der Waals surface area contributed by atoms with E-state index in [1.807, 2.05) is 27.1 Å². The molecule has 3 rings (SSSR count). The van der Waals surface area contributed by atoms with E-state index in [-0.39, 0.29) is 23.8 Å². The zero-order chi connectivity index (χ0) is 17.4. The molecule has 0 spiro atoms. The van der Waals surface area contributed by atoms with E-state index in [2.05, 4.69) is 5.10 Å². The van der Waals surface area contributed by atoms with E-state index in [9.17, 15) is 13.6 Å². The van der Waals surface area contributed by atoms with Crippen molar-refractivity contribution in [3.05, 3.63) is 53.4 Å². The molecule has 1 aromatic heterocycles. The molecule has 1 heterocycles. The molecular weight excluding hydrogens is 312 g/mol. The van der Waals surface area contributed by atoms with E-state index in [0.717, 1.165) is 11.6 Å². The Hall–Kier alpha value is -2.24. The molecule has 1 aliphatic carbocycles. The fourth-order valence-electron chi connectivity index (χ4n) is 3.09. The Balaban J connectivity index is 1.72. The SMILES string of the molecule is CC(C)N(Cc1cnn(C)c1)C(=O)[C@H]1C[C@H]1c1ccc(F)cc1F. The number of carbonyl (C=O) groups is 1. The number of aryl methyl sites for hydroxylation is 1. The summed E-state index contributed by atoms with van der Waals surface area (Å²) in [4.78, 5) is 14.6. The van der Waals surface area contributed by atoms with Crippen LogP contribution in [-0.4, -0.2) is 26.6 Å². The van der Waals surface area contributed by atoms with Crippen molar-refractivity contribution in [3.8, 4) is 0 Å². The largest absolute Gasteiger partial charge is 0.336 e. The number of hydrogen-bond acceptors (Lipinski definition) is 2. The van der Waals surface area contributed by atoms with Gasteiger partial charge in [-0.1, -0.05) is 6.07 Å². The molecule has 2 atom stereocenters. The highest BCUT2D eigenvalue weighted by Crippen LogP contribution is 2.49. The maximum atomic E-state index is 13.9. The van der Waals surface area contributed by atoms with Gasteiger partial charge >= 0.3 is 0 Å². The minimum absolute atomic E-state index is 0.0163. The first-order chi connectivity index (χ1) is 11.4. The van der Waals surface area contributed by atoms with Gasteiger partial charge in [0.05, 0.1) is 6.20 Å². The topological polar surface area (TPSA) is 38.1 Å². The number of rotatable bonds is 5. The maximum absolute atomic E-state index is 13.9. The van der Waals surface area contributed by atoms with E-state index >= 15 is 0 Å². The fraction of sp³-hybridized carbons (Fsp3) is 0.444. The fourth-order valence-corrected chi connectivity index (χ4v) is 3.09. The van der Waals surface area contributed by atoms with Gasteiger partial charge in [-0.15, -0.1) is 0 Å². The van der Waals surface area contributed by atoms with Gasteiger partial charge in [-0.3, -0.25) is 9.48 Å². The highest BCUT2D eigenvalue weighted by Gasteiger charge is 2.47. The summed E-state index contributed by atoms with van der Waals surface area (Å²) in [5.41, 5.74) is 1.39. The third-order valence-electron chi connectivity index (χ3n) is 4.49. The third kappa shape index (κ3) is 3.32. The van der Waals surface area contributed by atoms with Crippen LogP contribution in [0.2, 0.25) is 0 Å². The first-order valence-electron chi connectivity index (χ1n) is 8.09. The summed E-state index contributed by atoms with van der Waals surface area (Å²) in [6.07, 6.45) is 4.23. The molecule has 6 heteroatoms. The van der Waals surface area contributed by atoms with Crippen LogP contribution >= 0.6 is 0 Å². The second kappa shape index (κ2) is 6.34. The molecule has 1 aromatic carbocycles. The number of carbonyl (C=O) groups excluding carboxylic acids is 1. The predicted octanol–water partition coefficient (Wildman–Crippen LogP) is 3.24. The average Bonchev–Trinajstić information content (AvgIpc) is 3.19. The van der Waals surface area contributed by atoms with Crippen molar-refractivity contribution < 1.29 is 13.6 Å². The molecule has 0 unspecified atom stereocenters. The Bertz CT molecular complexity index is 756. The molecular formula is C18H21F2N3O. The second-order valence-electron chi connectivity index (χ2n) is 6.70. The summed E-state index contributed by atoms with van der Waals surface area (Å²) >= 11 is 0. The smallest absolute Gasteiger partial charge is 0.226 e. The summed E-state index contributed by atoms with van der Waals surface area (Å²) < 4.78 is 28.7. The lowest BCUT2D eigenvalue weighted by Crippen LogP contribution is -2.37. The van der Waals surface area contributed by atoms with Gasteiger partial charge < -0.3 is 4.90 Å². The van der Waals surface area contributed by atoms with Crippen molar-refractivity contribution >= 4 is 5.91 Å². The Morgan fingerprint density at radius 2 is 2.17 bits per heavy atom. The molecule has 1 amide bonds. The van der Waals surface area contributed by atoms with Crippen molar-refractivity contribution in [1.29, 1.82) is 0 Å². The Labute approximate surface area is 140 Å². The van der Waals surface area contributed by atoms with Crippen molar-refractivity contribution in [2.75, 3.05) is 0 Å². The van der Waals surface area contributed by atoms with Crippen LogP contribution in [0.25, 0.3) is 0 Å². The van der Waals surface area contributed by atoms with Gasteiger partial charge in [0.15, 0.2) is 0 Å². The van der Waals surface area contributed by atoms with Gasteiger partial charge in [-0.05, 0) is 37.8 Å². The molecule has 2 aromatic rings. The quantitative estimate of drug-likeness (QED) is 0.842. The molecule has 0 aliphatic heterocycles. The normalized spacial score (nSPS) is 19.6. The van der Waals surface area contributed by atoms with Crippen LogP contribution in [-0.2, 0) is 18.4 Å².